The number of methoxy groups -OCH3 is 2. The van der Waals surface area contributed by atoms with Gasteiger partial charge in [0.05, 0.1) is 14.2 Å². The summed E-state index contributed by atoms with van der Waals surface area (Å²) in [4.78, 5) is 7.37. The number of fused-ring (bicyclic) bond motifs is 2. The average Bonchev–Trinajstić information content (AvgIpc) is 3.01. The highest BCUT2D eigenvalue weighted by atomic mass is 16.6. The summed E-state index contributed by atoms with van der Waals surface area (Å²) in [6.45, 7) is 1.68. The summed E-state index contributed by atoms with van der Waals surface area (Å²) in [6.07, 6.45) is 3.25. The van der Waals surface area contributed by atoms with Crippen LogP contribution in [0.3, 0.4) is 0 Å². The maximum atomic E-state index is 6.83. The van der Waals surface area contributed by atoms with Gasteiger partial charge in [0.25, 0.3) is 0 Å². The van der Waals surface area contributed by atoms with Gasteiger partial charge in [0.2, 0.25) is 5.75 Å². The van der Waals surface area contributed by atoms with Gasteiger partial charge in [0.15, 0.2) is 34.5 Å². The normalized spacial score (nSPS) is 18.2. The SMILES string of the molecule is COc1ccc2cc1Oc1ccc(cc1)C[C@H]1c3c(cc(OC)c4c3Oc3cc5c(cc3O4)CCN=C5C2)CCN1C. The maximum absolute atomic E-state index is 6.83. The lowest BCUT2D eigenvalue weighted by atomic mass is 9.87. The summed E-state index contributed by atoms with van der Waals surface area (Å²) in [7, 11) is 5.55. The highest BCUT2D eigenvalue weighted by molar-refractivity contribution is 6.04. The lowest BCUT2D eigenvalue weighted by Gasteiger charge is -2.38. The fourth-order valence-corrected chi connectivity index (χ4v) is 6.69. The molecule has 5 aliphatic heterocycles. The highest BCUT2D eigenvalue weighted by Crippen LogP contribution is 2.56. The van der Waals surface area contributed by atoms with Crippen molar-refractivity contribution in [2.24, 2.45) is 4.99 Å². The van der Waals surface area contributed by atoms with Gasteiger partial charge in [0.1, 0.15) is 5.75 Å². The van der Waals surface area contributed by atoms with E-state index in [0.29, 0.717) is 40.9 Å². The van der Waals surface area contributed by atoms with Crippen LogP contribution in [0.15, 0.2) is 65.7 Å². The van der Waals surface area contributed by atoms with E-state index in [2.05, 4.69) is 54.4 Å². The molecule has 5 aliphatic rings. The molecule has 0 aliphatic carbocycles. The van der Waals surface area contributed by atoms with E-state index < -0.39 is 0 Å². The van der Waals surface area contributed by atoms with E-state index >= 15 is 0 Å². The molecule has 5 heterocycles. The summed E-state index contributed by atoms with van der Waals surface area (Å²) in [6, 6.07) is 20.9. The Morgan fingerprint density at radius 1 is 0.762 bits per heavy atom. The first-order valence-corrected chi connectivity index (χ1v) is 14.5. The molecule has 0 aromatic heterocycles. The smallest absolute Gasteiger partial charge is 0.212 e. The molecule has 7 heteroatoms. The van der Waals surface area contributed by atoms with Crippen molar-refractivity contribution in [2.75, 3.05) is 34.4 Å². The van der Waals surface area contributed by atoms with Crippen LogP contribution in [0.5, 0.6) is 46.0 Å². The molecule has 7 nitrogen and oxygen atoms in total. The Bertz CT molecular complexity index is 1760. The Balaban J connectivity index is 1.33. The number of benzene rings is 4. The van der Waals surface area contributed by atoms with Crippen LogP contribution in [-0.4, -0.2) is 45.0 Å². The van der Waals surface area contributed by atoms with E-state index in [9.17, 15) is 0 Å². The summed E-state index contributed by atoms with van der Waals surface area (Å²) in [5.74, 6) is 5.69. The van der Waals surface area contributed by atoms with Gasteiger partial charge in [-0.2, -0.15) is 0 Å². The van der Waals surface area contributed by atoms with E-state index in [-0.39, 0.29) is 6.04 Å². The molecule has 0 fully saturated rings. The van der Waals surface area contributed by atoms with Crippen LogP contribution >= 0.6 is 0 Å². The van der Waals surface area contributed by atoms with Gasteiger partial charge in [-0.15, -0.1) is 0 Å². The first kappa shape index (κ1) is 25.2. The van der Waals surface area contributed by atoms with Crippen LogP contribution in [0.1, 0.15) is 39.4 Å². The average molecular weight is 561 g/mol. The first-order chi connectivity index (χ1) is 20.6. The fourth-order valence-electron chi connectivity index (χ4n) is 6.69. The summed E-state index contributed by atoms with van der Waals surface area (Å²) in [5, 5.41) is 0. The van der Waals surface area contributed by atoms with Crippen molar-refractivity contribution in [1.82, 2.24) is 4.90 Å². The van der Waals surface area contributed by atoms with Crippen LogP contribution in [0.25, 0.3) is 0 Å². The molecule has 0 spiro atoms. The molecular weight excluding hydrogens is 528 g/mol. The van der Waals surface area contributed by atoms with Gasteiger partial charge < -0.3 is 23.7 Å². The number of hydrogen-bond donors (Lipinski definition) is 0. The third-order valence-electron chi connectivity index (χ3n) is 8.91. The topological polar surface area (TPSA) is 61.8 Å². The number of hydrogen-bond acceptors (Lipinski definition) is 7. The lowest BCUT2D eigenvalue weighted by molar-refractivity contribution is 0.220. The molecule has 7 bridgehead atoms. The van der Waals surface area contributed by atoms with Gasteiger partial charge >= 0.3 is 0 Å². The molecule has 4 aromatic carbocycles. The Morgan fingerprint density at radius 2 is 1.55 bits per heavy atom. The zero-order chi connectivity index (χ0) is 28.4. The molecule has 4 aromatic rings. The molecule has 212 valence electrons. The molecule has 1 atom stereocenters. The van der Waals surface area contributed by atoms with Gasteiger partial charge in [0, 0.05) is 42.4 Å². The quantitative estimate of drug-likeness (QED) is 0.230. The minimum absolute atomic E-state index is 0.107. The Hall–Kier alpha value is -4.49. The zero-order valence-electron chi connectivity index (χ0n) is 24.0. The predicted octanol–water partition coefficient (Wildman–Crippen LogP) is 7.07. The van der Waals surface area contributed by atoms with Crippen molar-refractivity contribution in [2.45, 2.75) is 31.7 Å². The summed E-state index contributed by atoms with van der Waals surface area (Å²) in [5.41, 5.74) is 8.05. The van der Waals surface area contributed by atoms with Crippen LogP contribution in [-0.2, 0) is 25.7 Å². The summed E-state index contributed by atoms with van der Waals surface area (Å²) >= 11 is 0. The van der Waals surface area contributed by atoms with Crippen molar-refractivity contribution >= 4 is 5.71 Å². The van der Waals surface area contributed by atoms with Gasteiger partial charge in [-0.1, -0.05) is 18.2 Å². The van der Waals surface area contributed by atoms with Crippen molar-refractivity contribution < 1.29 is 23.7 Å². The molecule has 0 N–H and O–H groups in total. The van der Waals surface area contributed by atoms with Crippen molar-refractivity contribution in [3.8, 4) is 46.0 Å². The van der Waals surface area contributed by atoms with Gasteiger partial charge in [-0.25, -0.2) is 0 Å². The second-order valence-electron chi connectivity index (χ2n) is 11.4. The van der Waals surface area contributed by atoms with Crippen LogP contribution in [0, 0.1) is 0 Å². The molecule has 0 unspecified atom stereocenters. The van der Waals surface area contributed by atoms with Gasteiger partial charge in [-0.3, -0.25) is 9.89 Å². The van der Waals surface area contributed by atoms with E-state index in [0.717, 1.165) is 66.3 Å². The van der Waals surface area contributed by atoms with Crippen LogP contribution in [0.4, 0.5) is 0 Å². The Labute approximate surface area is 245 Å². The lowest BCUT2D eigenvalue weighted by Crippen LogP contribution is -2.34. The first-order valence-electron chi connectivity index (χ1n) is 14.5. The van der Waals surface area contributed by atoms with E-state index in [1.54, 1.807) is 14.2 Å². The molecule has 9 rings (SSSR count). The van der Waals surface area contributed by atoms with E-state index in [1.165, 1.54) is 16.7 Å². The predicted molar refractivity (Wildman–Crippen MR) is 161 cm³/mol. The summed E-state index contributed by atoms with van der Waals surface area (Å²) < 4.78 is 31.3. The van der Waals surface area contributed by atoms with E-state index in [4.69, 9.17) is 28.7 Å². The van der Waals surface area contributed by atoms with Gasteiger partial charge in [-0.05, 0) is 91.0 Å². The minimum Gasteiger partial charge on any atom is -0.493 e. The molecule has 0 amide bonds. The second-order valence-corrected chi connectivity index (χ2v) is 11.4. The molecule has 0 radical (unpaired) electrons. The number of ether oxygens (including phenoxy) is 5. The van der Waals surface area contributed by atoms with Crippen molar-refractivity contribution in [3.05, 3.63) is 94.0 Å². The van der Waals surface area contributed by atoms with Crippen LogP contribution in [0.2, 0.25) is 0 Å². The largest absolute Gasteiger partial charge is 0.493 e. The number of aliphatic imine (C=N–C) groups is 1. The molecular formula is C35H32N2O5. The number of likely N-dealkylation sites (N-methyl/N-ethyl adjacent to an activating group) is 1. The van der Waals surface area contributed by atoms with Crippen molar-refractivity contribution in [1.29, 1.82) is 0 Å². The third-order valence-corrected chi connectivity index (χ3v) is 8.91. The molecule has 0 saturated heterocycles. The highest BCUT2D eigenvalue weighted by Gasteiger charge is 2.36. The van der Waals surface area contributed by atoms with Crippen LogP contribution < -0.4 is 23.7 Å². The number of nitrogens with zero attached hydrogens (tertiary/aromatic N) is 2. The van der Waals surface area contributed by atoms with E-state index in [1.807, 2.05) is 18.2 Å². The zero-order valence-corrected chi connectivity index (χ0v) is 24.0. The van der Waals surface area contributed by atoms with Crippen molar-refractivity contribution in [3.63, 3.8) is 0 Å². The maximum Gasteiger partial charge on any atom is 0.212 e. The molecule has 0 saturated carbocycles. The minimum atomic E-state index is 0.107. The Kier molecular flexibility index (Phi) is 5.89. The standard InChI is InChI=1S/C35H32N2O5/c1-37-13-11-23-18-32(39-3)34-35-33(23)27(37)15-20-4-7-24(8-5-20)40-29-16-21(6-9-28(29)38-2)14-26-25-19-31(42-35)30(41-34)17-22(25)10-12-36-26/h4-9,16-19,27H,10-15H2,1-3H3/t27-/m0/s1. The second kappa shape index (κ2) is 9.81. The fraction of sp³-hybridized carbons (Fsp3) is 0.286. The number of rotatable bonds is 2. The third kappa shape index (κ3) is 4.10. The Morgan fingerprint density at radius 3 is 2.38 bits per heavy atom. The molecule has 42 heavy (non-hydrogen) atoms. The monoisotopic (exact) mass is 560 g/mol.